The lowest BCUT2D eigenvalue weighted by Gasteiger charge is -2.28. The molecule has 4 heterocycles. The first-order valence-electron chi connectivity index (χ1n) is 10.8. The van der Waals surface area contributed by atoms with Crippen molar-refractivity contribution in [3.05, 3.63) is 60.7 Å². The number of pyridine rings is 2. The van der Waals surface area contributed by atoms with E-state index in [9.17, 15) is 14.8 Å². The van der Waals surface area contributed by atoms with Crippen LogP contribution >= 0.6 is 0 Å². The van der Waals surface area contributed by atoms with Crippen LogP contribution in [0, 0.1) is 23.2 Å². The maximum atomic E-state index is 13.4. The number of halogens is 1. The van der Waals surface area contributed by atoms with Crippen LogP contribution in [0.4, 0.5) is 4.39 Å². The molecule has 0 bridgehead atoms. The Hall–Kier alpha value is -3.57. The number of hydrogen-bond acceptors (Lipinski definition) is 5. The average molecular weight is 430 g/mol. The van der Waals surface area contributed by atoms with Gasteiger partial charge >= 0.3 is 0 Å². The molecule has 8 heteroatoms. The summed E-state index contributed by atoms with van der Waals surface area (Å²) in [7, 11) is 0. The minimum atomic E-state index is -0.551. The smallest absolute Gasteiger partial charge is 0.212 e. The molecule has 4 aromatic rings. The predicted molar refractivity (Wildman–Crippen MR) is 117 cm³/mol. The Balaban J connectivity index is 1.50. The number of aliphatic hydroxyl groups excluding tert-OH is 1. The van der Waals surface area contributed by atoms with Gasteiger partial charge in [0.15, 0.2) is 0 Å². The first-order chi connectivity index (χ1) is 15.7. The molecular weight excluding hydrogens is 407 g/mol. The molecule has 4 aromatic heterocycles. The van der Waals surface area contributed by atoms with E-state index in [2.05, 4.69) is 27.4 Å². The highest BCUT2D eigenvalue weighted by Gasteiger charge is 2.23. The zero-order valence-electron chi connectivity index (χ0n) is 17.5. The largest absolute Gasteiger partial charge is 0.396 e. The average Bonchev–Trinajstić information content (AvgIpc) is 3.47. The van der Waals surface area contributed by atoms with E-state index in [4.69, 9.17) is 0 Å². The molecule has 1 fully saturated rings. The lowest BCUT2D eigenvalue weighted by molar-refractivity contribution is 0.202. The Morgan fingerprint density at radius 3 is 2.59 bits per heavy atom. The van der Waals surface area contributed by atoms with Gasteiger partial charge in [-0.2, -0.15) is 19.8 Å². The fourth-order valence-electron chi connectivity index (χ4n) is 4.68. The van der Waals surface area contributed by atoms with Gasteiger partial charge in [0, 0.05) is 47.5 Å². The van der Waals surface area contributed by atoms with Crippen molar-refractivity contribution in [2.75, 3.05) is 6.61 Å². The van der Waals surface area contributed by atoms with Crippen molar-refractivity contribution in [1.29, 1.82) is 5.26 Å². The molecule has 0 spiro atoms. The maximum absolute atomic E-state index is 13.4. The van der Waals surface area contributed by atoms with E-state index in [0.29, 0.717) is 28.6 Å². The number of aliphatic hydroxyl groups is 1. The summed E-state index contributed by atoms with van der Waals surface area (Å²) in [6, 6.07) is 7.49. The Kier molecular flexibility index (Phi) is 5.41. The lowest BCUT2D eigenvalue weighted by Crippen LogP contribution is -2.19. The van der Waals surface area contributed by atoms with Crippen LogP contribution in [0.1, 0.15) is 43.7 Å². The van der Waals surface area contributed by atoms with Gasteiger partial charge in [-0.25, -0.2) is 9.50 Å². The monoisotopic (exact) mass is 430 g/mol. The normalized spacial score (nSPS) is 18.7. The fraction of sp³-hybridized carbons (Fsp3) is 0.333. The molecular formula is C24H23FN6O. The second kappa shape index (κ2) is 8.52. The topological polar surface area (TPSA) is 92.0 Å². The van der Waals surface area contributed by atoms with Gasteiger partial charge in [-0.3, -0.25) is 4.68 Å². The molecule has 1 saturated carbocycles. The van der Waals surface area contributed by atoms with Crippen LogP contribution in [-0.2, 0) is 0 Å². The molecule has 0 radical (unpaired) electrons. The van der Waals surface area contributed by atoms with E-state index in [1.165, 1.54) is 18.5 Å². The molecule has 0 atom stereocenters. The van der Waals surface area contributed by atoms with Crippen molar-refractivity contribution in [3.8, 4) is 28.3 Å². The third-order valence-electron chi connectivity index (χ3n) is 6.43. The Morgan fingerprint density at radius 1 is 1.03 bits per heavy atom. The molecule has 0 aliphatic heterocycles. The van der Waals surface area contributed by atoms with Crippen molar-refractivity contribution in [1.82, 2.24) is 24.4 Å². The van der Waals surface area contributed by atoms with E-state index in [-0.39, 0.29) is 6.61 Å². The number of nitriles is 1. The molecule has 0 unspecified atom stereocenters. The molecule has 162 valence electrons. The quantitative estimate of drug-likeness (QED) is 0.474. The van der Waals surface area contributed by atoms with Gasteiger partial charge in [0.2, 0.25) is 5.95 Å². The SMILES string of the molecule is N#Cc1cnn2cc(-c3cnn(C4CCC(CCO)CC4)c3)cc(-c3ccc(F)nc3)c12. The van der Waals surface area contributed by atoms with Crippen molar-refractivity contribution >= 4 is 5.52 Å². The van der Waals surface area contributed by atoms with Gasteiger partial charge in [-0.15, -0.1) is 0 Å². The third-order valence-corrected chi connectivity index (χ3v) is 6.43. The zero-order valence-corrected chi connectivity index (χ0v) is 17.5. The second-order valence-electron chi connectivity index (χ2n) is 8.37. The van der Waals surface area contributed by atoms with Crippen LogP contribution in [0.3, 0.4) is 0 Å². The van der Waals surface area contributed by atoms with E-state index < -0.39 is 5.95 Å². The van der Waals surface area contributed by atoms with Gasteiger partial charge in [0.1, 0.15) is 6.07 Å². The molecule has 0 saturated heterocycles. The molecule has 0 amide bonds. The Morgan fingerprint density at radius 2 is 1.88 bits per heavy atom. The second-order valence-corrected chi connectivity index (χ2v) is 8.37. The summed E-state index contributed by atoms with van der Waals surface area (Å²) < 4.78 is 17.1. The minimum Gasteiger partial charge on any atom is -0.396 e. The summed E-state index contributed by atoms with van der Waals surface area (Å²) in [5, 5.41) is 27.7. The standard InChI is InChI=1S/C24H23FN6O/c25-23-6-3-17(11-27-23)22-9-18(14-31-24(22)19(10-26)12-29-31)20-13-28-30(15-20)21-4-1-16(2-5-21)7-8-32/h3,6,9,11-16,21,32H,1-2,4-5,7-8H2. The van der Waals surface area contributed by atoms with E-state index in [1.54, 1.807) is 10.6 Å². The summed E-state index contributed by atoms with van der Waals surface area (Å²) in [6.07, 6.45) is 14.0. The summed E-state index contributed by atoms with van der Waals surface area (Å²) in [5.74, 6) is 0.0552. The van der Waals surface area contributed by atoms with Gasteiger partial charge in [-0.05, 0) is 56.2 Å². The molecule has 0 aromatic carbocycles. The van der Waals surface area contributed by atoms with Crippen molar-refractivity contribution in [2.45, 2.75) is 38.1 Å². The summed E-state index contributed by atoms with van der Waals surface area (Å²) in [4.78, 5) is 3.78. The number of hydrogen-bond donors (Lipinski definition) is 1. The van der Waals surface area contributed by atoms with Crippen LogP contribution in [-0.4, -0.2) is 36.1 Å². The lowest BCUT2D eigenvalue weighted by atomic mass is 9.84. The Labute approximate surface area is 184 Å². The molecule has 7 nitrogen and oxygen atoms in total. The van der Waals surface area contributed by atoms with Crippen LogP contribution in [0.2, 0.25) is 0 Å². The van der Waals surface area contributed by atoms with Gasteiger partial charge in [0.25, 0.3) is 0 Å². The first kappa shape index (κ1) is 20.3. The highest BCUT2D eigenvalue weighted by molar-refractivity contribution is 5.87. The zero-order chi connectivity index (χ0) is 22.1. The van der Waals surface area contributed by atoms with Crippen LogP contribution in [0.15, 0.2) is 49.2 Å². The highest BCUT2D eigenvalue weighted by atomic mass is 19.1. The summed E-state index contributed by atoms with van der Waals surface area (Å²) in [6.45, 7) is 0.260. The number of aromatic nitrogens is 5. The van der Waals surface area contributed by atoms with Crippen molar-refractivity contribution in [2.24, 2.45) is 5.92 Å². The fourth-order valence-corrected chi connectivity index (χ4v) is 4.68. The molecule has 1 aliphatic carbocycles. The molecule has 1 aliphatic rings. The number of nitrogens with zero attached hydrogens (tertiary/aromatic N) is 6. The van der Waals surface area contributed by atoms with Crippen molar-refractivity contribution < 1.29 is 9.50 Å². The highest BCUT2D eigenvalue weighted by Crippen LogP contribution is 2.35. The Bertz CT molecular complexity index is 1280. The third kappa shape index (κ3) is 3.76. The summed E-state index contributed by atoms with van der Waals surface area (Å²) >= 11 is 0. The van der Waals surface area contributed by atoms with Crippen LogP contribution in [0.5, 0.6) is 0 Å². The van der Waals surface area contributed by atoms with Crippen molar-refractivity contribution in [3.63, 3.8) is 0 Å². The van der Waals surface area contributed by atoms with E-state index in [0.717, 1.165) is 48.8 Å². The van der Waals surface area contributed by atoms with Gasteiger partial charge < -0.3 is 5.11 Å². The van der Waals surface area contributed by atoms with Gasteiger partial charge in [0.05, 0.1) is 29.5 Å². The number of fused-ring (bicyclic) bond motifs is 1. The maximum Gasteiger partial charge on any atom is 0.212 e. The van der Waals surface area contributed by atoms with Gasteiger partial charge in [-0.1, -0.05) is 0 Å². The van der Waals surface area contributed by atoms with E-state index in [1.807, 2.05) is 23.1 Å². The van der Waals surface area contributed by atoms with Crippen LogP contribution < -0.4 is 0 Å². The number of rotatable bonds is 5. The van der Waals surface area contributed by atoms with E-state index >= 15 is 0 Å². The van der Waals surface area contributed by atoms with Crippen LogP contribution in [0.25, 0.3) is 27.8 Å². The minimum absolute atomic E-state index is 0.260. The first-order valence-corrected chi connectivity index (χ1v) is 10.8. The predicted octanol–water partition coefficient (Wildman–Crippen LogP) is 4.38. The molecule has 1 N–H and O–H groups in total. The molecule has 32 heavy (non-hydrogen) atoms. The summed E-state index contributed by atoms with van der Waals surface area (Å²) in [5.41, 5.74) is 4.45. The molecule has 5 rings (SSSR count).